The normalized spacial score (nSPS) is 15.2. The quantitative estimate of drug-likeness (QED) is 0.878. The van der Waals surface area contributed by atoms with Gasteiger partial charge in [0.1, 0.15) is 5.76 Å². The van der Waals surface area contributed by atoms with Crippen molar-refractivity contribution in [2.45, 2.75) is 45.8 Å². The van der Waals surface area contributed by atoms with Crippen LogP contribution in [0.4, 0.5) is 0 Å². The van der Waals surface area contributed by atoms with Crippen molar-refractivity contribution < 1.29 is 4.42 Å². The molecule has 0 unspecified atom stereocenters. The molecule has 2 heterocycles. The molecule has 1 aliphatic carbocycles. The monoisotopic (exact) mass is 246 g/mol. The van der Waals surface area contributed by atoms with Crippen LogP contribution < -0.4 is 5.32 Å². The minimum atomic E-state index is 0.657. The number of aromatic nitrogens is 3. The van der Waals surface area contributed by atoms with Gasteiger partial charge in [-0.25, -0.2) is 9.97 Å². The Morgan fingerprint density at radius 2 is 2.22 bits per heavy atom. The van der Waals surface area contributed by atoms with Crippen molar-refractivity contribution in [3.05, 3.63) is 35.6 Å². The predicted molar refractivity (Wildman–Crippen MR) is 67.0 cm³/mol. The third kappa shape index (κ3) is 2.31. The molecule has 5 heteroatoms. The molecule has 0 saturated heterocycles. The lowest BCUT2D eigenvalue weighted by atomic mass is 10.4. The molecule has 2 aromatic rings. The molecule has 0 bridgehead atoms. The first kappa shape index (κ1) is 11.5. The van der Waals surface area contributed by atoms with Crippen LogP contribution in [-0.4, -0.2) is 14.5 Å². The Morgan fingerprint density at radius 3 is 2.89 bits per heavy atom. The molecule has 1 N–H and O–H groups in total. The molecule has 1 aliphatic rings. The SMILES string of the molecule is Cc1nc(CNCc2cncn2C2CC2)oc1C. The Morgan fingerprint density at radius 1 is 1.39 bits per heavy atom. The van der Waals surface area contributed by atoms with E-state index in [0.29, 0.717) is 12.6 Å². The molecule has 1 fully saturated rings. The first-order valence-electron chi connectivity index (χ1n) is 6.38. The van der Waals surface area contributed by atoms with Crippen LogP contribution in [0.15, 0.2) is 16.9 Å². The predicted octanol–water partition coefficient (Wildman–Crippen LogP) is 2.11. The average molecular weight is 246 g/mol. The van der Waals surface area contributed by atoms with Gasteiger partial charge in [0.15, 0.2) is 0 Å². The van der Waals surface area contributed by atoms with Crippen molar-refractivity contribution in [3.63, 3.8) is 0 Å². The van der Waals surface area contributed by atoms with Crippen molar-refractivity contribution >= 4 is 0 Å². The highest BCUT2D eigenvalue weighted by Crippen LogP contribution is 2.35. The van der Waals surface area contributed by atoms with E-state index in [2.05, 4.69) is 19.9 Å². The number of oxazole rings is 1. The van der Waals surface area contributed by atoms with E-state index in [0.717, 1.165) is 23.9 Å². The standard InChI is InChI=1S/C13H18N4O/c1-9-10(2)18-13(16-9)7-14-5-12-6-15-8-17(12)11-3-4-11/h6,8,11,14H,3-5,7H2,1-2H3. The molecule has 0 aliphatic heterocycles. The summed E-state index contributed by atoms with van der Waals surface area (Å²) in [5, 5.41) is 3.35. The number of hydrogen-bond acceptors (Lipinski definition) is 4. The zero-order valence-electron chi connectivity index (χ0n) is 10.8. The Kier molecular flexibility index (Phi) is 2.91. The maximum absolute atomic E-state index is 5.53. The van der Waals surface area contributed by atoms with Crippen molar-refractivity contribution in [1.82, 2.24) is 19.9 Å². The van der Waals surface area contributed by atoms with E-state index in [1.165, 1.54) is 18.5 Å². The van der Waals surface area contributed by atoms with Crippen LogP contribution in [0.2, 0.25) is 0 Å². The molecule has 18 heavy (non-hydrogen) atoms. The van der Waals surface area contributed by atoms with Crippen LogP contribution in [0, 0.1) is 13.8 Å². The van der Waals surface area contributed by atoms with E-state index in [1.807, 2.05) is 26.4 Å². The van der Waals surface area contributed by atoms with Crippen molar-refractivity contribution in [1.29, 1.82) is 0 Å². The highest BCUT2D eigenvalue weighted by molar-refractivity contribution is 5.06. The van der Waals surface area contributed by atoms with E-state index in [4.69, 9.17) is 4.42 Å². The van der Waals surface area contributed by atoms with E-state index in [-0.39, 0.29) is 0 Å². The second-order valence-corrected chi connectivity index (χ2v) is 4.88. The largest absolute Gasteiger partial charge is 0.444 e. The summed E-state index contributed by atoms with van der Waals surface area (Å²) in [5.74, 6) is 1.65. The molecule has 0 atom stereocenters. The maximum Gasteiger partial charge on any atom is 0.208 e. The summed E-state index contributed by atoms with van der Waals surface area (Å²) in [6.07, 6.45) is 6.41. The highest BCUT2D eigenvalue weighted by Gasteiger charge is 2.24. The molecule has 0 aromatic carbocycles. The second-order valence-electron chi connectivity index (χ2n) is 4.88. The zero-order valence-corrected chi connectivity index (χ0v) is 10.8. The van der Waals surface area contributed by atoms with Crippen LogP contribution in [0.3, 0.4) is 0 Å². The molecule has 1 saturated carbocycles. The van der Waals surface area contributed by atoms with Crippen LogP contribution in [-0.2, 0) is 13.1 Å². The molecule has 5 nitrogen and oxygen atoms in total. The Hall–Kier alpha value is -1.62. The summed E-state index contributed by atoms with van der Waals surface area (Å²) < 4.78 is 7.79. The van der Waals surface area contributed by atoms with Crippen LogP contribution >= 0.6 is 0 Å². The second kappa shape index (κ2) is 4.57. The Balaban J connectivity index is 1.56. The molecule has 0 radical (unpaired) electrons. The minimum Gasteiger partial charge on any atom is -0.444 e. The first-order valence-corrected chi connectivity index (χ1v) is 6.38. The third-order valence-electron chi connectivity index (χ3n) is 3.34. The number of hydrogen-bond donors (Lipinski definition) is 1. The molecule has 3 rings (SSSR count). The summed E-state index contributed by atoms with van der Waals surface area (Å²) in [6.45, 7) is 5.36. The smallest absolute Gasteiger partial charge is 0.208 e. The molecule has 0 amide bonds. The number of nitrogens with one attached hydrogen (secondary N) is 1. The number of imidazole rings is 1. The van der Waals surface area contributed by atoms with Gasteiger partial charge < -0.3 is 14.3 Å². The van der Waals surface area contributed by atoms with Gasteiger partial charge in [0, 0.05) is 18.8 Å². The van der Waals surface area contributed by atoms with Gasteiger partial charge in [-0.3, -0.25) is 0 Å². The fourth-order valence-corrected chi connectivity index (χ4v) is 2.06. The third-order valence-corrected chi connectivity index (χ3v) is 3.34. The number of aryl methyl sites for hydroxylation is 2. The lowest BCUT2D eigenvalue weighted by Crippen LogP contribution is -2.15. The fourth-order valence-electron chi connectivity index (χ4n) is 2.06. The summed E-state index contributed by atoms with van der Waals surface area (Å²) >= 11 is 0. The van der Waals surface area contributed by atoms with Gasteiger partial charge in [0.2, 0.25) is 5.89 Å². The highest BCUT2D eigenvalue weighted by atomic mass is 16.4. The van der Waals surface area contributed by atoms with Gasteiger partial charge in [-0.2, -0.15) is 0 Å². The lowest BCUT2D eigenvalue weighted by molar-refractivity contribution is 0.446. The van der Waals surface area contributed by atoms with Gasteiger partial charge in [-0.1, -0.05) is 0 Å². The molecule has 2 aromatic heterocycles. The van der Waals surface area contributed by atoms with Crippen molar-refractivity contribution in [3.8, 4) is 0 Å². The Labute approximate surface area is 106 Å². The van der Waals surface area contributed by atoms with Gasteiger partial charge in [-0.15, -0.1) is 0 Å². The van der Waals surface area contributed by atoms with Gasteiger partial charge in [0.05, 0.1) is 24.3 Å². The summed E-state index contributed by atoms with van der Waals surface area (Å²) in [6, 6.07) is 0.676. The van der Waals surface area contributed by atoms with Crippen LogP contribution in [0.5, 0.6) is 0 Å². The van der Waals surface area contributed by atoms with Gasteiger partial charge in [-0.05, 0) is 26.7 Å². The van der Waals surface area contributed by atoms with Gasteiger partial charge >= 0.3 is 0 Å². The lowest BCUT2D eigenvalue weighted by Gasteiger charge is -2.06. The van der Waals surface area contributed by atoms with Crippen molar-refractivity contribution in [2.75, 3.05) is 0 Å². The van der Waals surface area contributed by atoms with E-state index in [9.17, 15) is 0 Å². The maximum atomic E-state index is 5.53. The minimum absolute atomic E-state index is 0.657. The van der Waals surface area contributed by atoms with E-state index < -0.39 is 0 Å². The van der Waals surface area contributed by atoms with Crippen molar-refractivity contribution in [2.24, 2.45) is 0 Å². The van der Waals surface area contributed by atoms with E-state index >= 15 is 0 Å². The Bertz CT molecular complexity index is 519. The summed E-state index contributed by atoms with van der Waals surface area (Å²) in [4.78, 5) is 8.56. The van der Waals surface area contributed by atoms with Crippen LogP contribution in [0.25, 0.3) is 0 Å². The number of nitrogens with zero attached hydrogens (tertiary/aromatic N) is 3. The van der Waals surface area contributed by atoms with E-state index in [1.54, 1.807) is 0 Å². The van der Waals surface area contributed by atoms with Gasteiger partial charge in [0.25, 0.3) is 0 Å². The fraction of sp³-hybridized carbons (Fsp3) is 0.538. The topological polar surface area (TPSA) is 55.9 Å². The number of rotatable bonds is 5. The average Bonchev–Trinajstić information content (AvgIpc) is 3.00. The van der Waals surface area contributed by atoms with Crippen LogP contribution in [0.1, 0.15) is 41.9 Å². The zero-order chi connectivity index (χ0) is 12.5. The molecule has 96 valence electrons. The molecular weight excluding hydrogens is 228 g/mol. The first-order chi connectivity index (χ1) is 8.74. The summed E-state index contributed by atoms with van der Waals surface area (Å²) in [5.41, 5.74) is 2.20. The summed E-state index contributed by atoms with van der Waals surface area (Å²) in [7, 11) is 0. The molecule has 0 spiro atoms. The molecular formula is C13H18N4O.